The van der Waals surface area contributed by atoms with E-state index in [1.165, 1.54) is 30.0 Å². The number of halogens is 1. The normalized spacial score (nSPS) is 10.5. The molecule has 2 rings (SSSR count). The number of nitrogens with two attached hydrogens (primary N) is 3. The molecule has 1 aromatic carbocycles. The molecule has 2 aromatic rings. The van der Waals surface area contributed by atoms with Gasteiger partial charge in [-0.25, -0.2) is 14.4 Å². The van der Waals surface area contributed by atoms with E-state index >= 15 is 0 Å². The van der Waals surface area contributed by atoms with Crippen LogP contribution in [0.25, 0.3) is 0 Å². The average molecular weight is 265 g/mol. The fourth-order valence-electron chi connectivity index (χ4n) is 1.43. The van der Waals surface area contributed by atoms with E-state index in [4.69, 9.17) is 17.2 Å². The van der Waals surface area contributed by atoms with Gasteiger partial charge in [0.1, 0.15) is 17.5 Å². The summed E-state index contributed by atoms with van der Waals surface area (Å²) in [7, 11) is 0. The summed E-state index contributed by atoms with van der Waals surface area (Å²) in [5.41, 5.74) is 17.8. The molecule has 94 valence electrons. The van der Waals surface area contributed by atoms with Gasteiger partial charge in [-0.3, -0.25) is 0 Å². The van der Waals surface area contributed by atoms with E-state index in [0.29, 0.717) is 28.2 Å². The zero-order valence-electron chi connectivity index (χ0n) is 9.43. The van der Waals surface area contributed by atoms with Gasteiger partial charge in [0.15, 0.2) is 5.16 Å². The molecule has 5 nitrogen and oxygen atoms in total. The second-order valence-electron chi connectivity index (χ2n) is 3.68. The van der Waals surface area contributed by atoms with Crippen LogP contribution in [0.2, 0.25) is 0 Å². The van der Waals surface area contributed by atoms with Gasteiger partial charge < -0.3 is 17.2 Å². The third-order valence-corrected chi connectivity index (χ3v) is 3.01. The highest BCUT2D eigenvalue weighted by atomic mass is 32.2. The summed E-state index contributed by atoms with van der Waals surface area (Å²) in [4.78, 5) is 8.04. The lowest BCUT2D eigenvalue weighted by molar-refractivity contribution is 0.627. The standard InChI is InChI=1S/C11H12FN5S/c12-7-1-6(2-8(13)3-7)5-18-11-16-9(14)4-10(15)17-11/h1-4H,5,13H2,(H4,14,15,16,17). The Morgan fingerprint density at radius 3 is 2.28 bits per heavy atom. The quantitative estimate of drug-likeness (QED) is 0.443. The summed E-state index contributed by atoms with van der Waals surface area (Å²) in [5.74, 6) is 0.747. The molecule has 0 amide bonds. The van der Waals surface area contributed by atoms with Crippen LogP contribution in [0.1, 0.15) is 5.56 Å². The molecular formula is C11H12FN5S. The molecule has 1 aromatic heterocycles. The second kappa shape index (κ2) is 5.09. The Kier molecular flexibility index (Phi) is 3.52. The first-order valence-corrected chi connectivity index (χ1v) is 6.09. The molecule has 18 heavy (non-hydrogen) atoms. The van der Waals surface area contributed by atoms with Gasteiger partial charge in [-0.1, -0.05) is 11.8 Å². The zero-order chi connectivity index (χ0) is 13.1. The molecule has 0 bridgehead atoms. The lowest BCUT2D eigenvalue weighted by atomic mass is 10.2. The van der Waals surface area contributed by atoms with E-state index in [-0.39, 0.29) is 5.82 Å². The Labute approximate surface area is 108 Å². The molecule has 0 radical (unpaired) electrons. The summed E-state index contributed by atoms with van der Waals surface area (Å²) in [6.45, 7) is 0. The Balaban J connectivity index is 2.11. The summed E-state index contributed by atoms with van der Waals surface area (Å²) in [6.07, 6.45) is 0. The summed E-state index contributed by atoms with van der Waals surface area (Å²) >= 11 is 1.31. The minimum absolute atomic E-state index is 0.309. The largest absolute Gasteiger partial charge is 0.399 e. The molecule has 0 saturated carbocycles. The van der Waals surface area contributed by atoms with Crippen LogP contribution in [0.5, 0.6) is 0 Å². The van der Waals surface area contributed by atoms with Gasteiger partial charge in [-0.2, -0.15) is 0 Å². The maximum Gasteiger partial charge on any atom is 0.191 e. The van der Waals surface area contributed by atoms with E-state index < -0.39 is 0 Å². The Morgan fingerprint density at radius 1 is 1.00 bits per heavy atom. The van der Waals surface area contributed by atoms with Crippen molar-refractivity contribution in [3.8, 4) is 0 Å². The van der Waals surface area contributed by atoms with Crippen LogP contribution in [0, 0.1) is 5.82 Å². The first kappa shape index (κ1) is 12.4. The van der Waals surface area contributed by atoms with E-state index in [1.807, 2.05) is 0 Å². The summed E-state index contributed by atoms with van der Waals surface area (Å²) in [5, 5.41) is 0.454. The van der Waals surface area contributed by atoms with Gasteiger partial charge >= 0.3 is 0 Å². The lowest BCUT2D eigenvalue weighted by Gasteiger charge is -2.04. The zero-order valence-corrected chi connectivity index (χ0v) is 10.2. The third-order valence-electron chi connectivity index (χ3n) is 2.09. The maximum absolute atomic E-state index is 13.1. The van der Waals surface area contributed by atoms with Crippen molar-refractivity contribution in [2.45, 2.75) is 10.9 Å². The highest BCUT2D eigenvalue weighted by Crippen LogP contribution is 2.22. The first-order valence-electron chi connectivity index (χ1n) is 5.11. The SMILES string of the molecule is Nc1cc(F)cc(CSc2nc(N)cc(N)n2)c1. The smallest absolute Gasteiger partial charge is 0.191 e. The molecule has 6 N–H and O–H groups in total. The molecular weight excluding hydrogens is 253 g/mol. The fraction of sp³-hybridized carbons (Fsp3) is 0.0909. The van der Waals surface area contributed by atoms with Crippen molar-refractivity contribution in [3.05, 3.63) is 35.6 Å². The van der Waals surface area contributed by atoms with Crippen LogP contribution in [0.15, 0.2) is 29.4 Å². The van der Waals surface area contributed by atoms with Crippen LogP contribution in [-0.2, 0) is 5.75 Å². The molecule has 0 fully saturated rings. The van der Waals surface area contributed by atoms with Gasteiger partial charge in [-0.05, 0) is 23.8 Å². The van der Waals surface area contributed by atoms with Crippen molar-refractivity contribution in [2.24, 2.45) is 0 Å². The number of hydrogen-bond donors (Lipinski definition) is 3. The fourth-order valence-corrected chi connectivity index (χ4v) is 2.24. The Hall–Kier alpha value is -2.02. The minimum atomic E-state index is -0.362. The predicted molar refractivity (Wildman–Crippen MR) is 71.2 cm³/mol. The number of nitrogen functional groups attached to an aromatic ring is 3. The van der Waals surface area contributed by atoms with E-state index in [0.717, 1.165) is 5.56 Å². The van der Waals surface area contributed by atoms with E-state index in [1.54, 1.807) is 6.07 Å². The summed E-state index contributed by atoms with van der Waals surface area (Å²) in [6, 6.07) is 5.86. The highest BCUT2D eigenvalue weighted by Gasteiger charge is 2.04. The Morgan fingerprint density at radius 2 is 1.67 bits per heavy atom. The van der Waals surface area contributed by atoms with Crippen molar-refractivity contribution in [1.82, 2.24) is 9.97 Å². The third kappa shape index (κ3) is 3.24. The van der Waals surface area contributed by atoms with Gasteiger partial charge in [0.05, 0.1) is 0 Å². The molecule has 0 spiro atoms. The molecule has 0 aliphatic rings. The van der Waals surface area contributed by atoms with Crippen molar-refractivity contribution < 1.29 is 4.39 Å². The van der Waals surface area contributed by atoms with Crippen molar-refractivity contribution in [2.75, 3.05) is 17.2 Å². The molecule has 7 heteroatoms. The van der Waals surface area contributed by atoms with Crippen LogP contribution in [0.3, 0.4) is 0 Å². The van der Waals surface area contributed by atoms with E-state index in [9.17, 15) is 4.39 Å². The molecule has 0 aliphatic heterocycles. The lowest BCUT2D eigenvalue weighted by Crippen LogP contribution is -1.99. The molecule has 0 unspecified atom stereocenters. The molecule has 0 atom stereocenters. The number of benzene rings is 1. The maximum atomic E-state index is 13.1. The number of hydrogen-bond acceptors (Lipinski definition) is 6. The van der Waals surface area contributed by atoms with Crippen molar-refractivity contribution in [1.29, 1.82) is 0 Å². The van der Waals surface area contributed by atoms with Crippen LogP contribution >= 0.6 is 11.8 Å². The number of thioether (sulfide) groups is 1. The number of rotatable bonds is 3. The van der Waals surface area contributed by atoms with Crippen molar-refractivity contribution in [3.63, 3.8) is 0 Å². The van der Waals surface area contributed by atoms with Crippen LogP contribution in [0.4, 0.5) is 21.7 Å². The van der Waals surface area contributed by atoms with Gasteiger partial charge in [-0.15, -0.1) is 0 Å². The second-order valence-corrected chi connectivity index (χ2v) is 4.62. The minimum Gasteiger partial charge on any atom is -0.399 e. The van der Waals surface area contributed by atoms with Gasteiger partial charge in [0.2, 0.25) is 0 Å². The van der Waals surface area contributed by atoms with Gasteiger partial charge in [0.25, 0.3) is 0 Å². The number of anilines is 3. The summed E-state index contributed by atoms with van der Waals surface area (Å²) < 4.78 is 13.1. The number of nitrogens with zero attached hydrogens (tertiary/aromatic N) is 2. The average Bonchev–Trinajstić information content (AvgIpc) is 2.23. The van der Waals surface area contributed by atoms with Crippen LogP contribution < -0.4 is 17.2 Å². The topological polar surface area (TPSA) is 104 Å². The molecule has 0 saturated heterocycles. The van der Waals surface area contributed by atoms with Crippen molar-refractivity contribution >= 4 is 29.1 Å². The van der Waals surface area contributed by atoms with Crippen LogP contribution in [-0.4, -0.2) is 9.97 Å². The number of aromatic nitrogens is 2. The predicted octanol–water partition coefficient (Wildman–Crippen LogP) is 1.65. The van der Waals surface area contributed by atoms with Gasteiger partial charge in [0, 0.05) is 17.5 Å². The monoisotopic (exact) mass is 265 g/mol. The highest BCUT2D eigenvalue weighted by molar-refractivity contribution is 7.98. The Bertz CT molecular complexity index is 483. The first-order chi connectivity index (χ1) is 8.52. The van der Waals surface area contributed by atoms with E-state index in [2.05, 4.69) is 9.97 Å². The molecule has 1 heterocycles. The molecule has 0 aliphatic carbocycles.